The average Bonchev–Trinajstić information content (AvgIpc) is 2.62. The van der Waals surface area contributed by atoms with Crippen LogP contribution in [0.25, 0.3) is 0 Å². The summed E-state index contributed by atoms with van der Waals surface area (Å²) in [4.78, 5) is 10.9. The third-order valence-electron chi connectivity index (χ3n) is 3.65. The third kappa shape index (κ3) is 4.64. The molecule has 1 aromatic rings. The molecule has 1 fully saturated rings. The smallest absolute Gasteiger partial charge is 0.225 e. The number of nitrogens with one attached hydrogen (secondary N) is 1. The van der Waals surface area contributed by atoms with Gasteiger partial charge in [0.05, 0.1) is 11.5 Å². The molecule has 1 saturated heterocycles. The van der Waals surface area contributed by atoms with Crippen LogP contribution in [0.15, 0.2) is 6.20 Å². The molecule has 0 aliphatic carbocycles. The predicted octanol–water partition coefficient (Wildman–Crippen LogP) is 0.910. The van der Waals surface area contributed by atoms with Crippen LogP contribution < -0.4 is 10.2 Å². The Morgan fingerprint density at radius 2 is 2.14 bits per heavy atom. The molecule has 118 valence electrons. The summed E-state index contributed by atoms with van der Waals surface area (Å²) in [7, 11) is -2.90. The van der Waals surface area contributed by atoms with Crippen LogP contribution >= 0.6 is 0 Å². The van der Waals surface area contributed by atoms with E-state index in [0.717, 1.165) is 30.8 Å². The Labute approximate surface area is 126 Å². The van der Waals surface area contributed by atoms with E-state index in [-0.39, 0.29) is 11.5 Å². The fourth-order valence-corrected chi connectivity index (χ4v) is 3.62. The molecule has 0 radical (unpaired) electrons. The summed E-state index contributed by atoms with van der Waals surface area (Å²) in [5.41, 5.74) is 2.05. The van der Waals surface area contributed by atoms with E-state index in [0.29, 0.717) is 25.5 Å². The van der Waals surface area contributed by atoms with E-state index in [1.807, 2.05) is 18.0 Å². The lowest BCUT2D eigenvalue weighted by Crippen LogP contribution is -2.29. The van der Waals surface area contributed by atoms with E-state index in [2.05, 4.69) is 22.2 Å². The van der Waals surface area contributed by atoms with Gasteiger partial charge in [0.1, 0.15) is 0 Å². The monoisotopic (exact) mass is 312 g/mol. The zero-order valence-corrected chi connectivity index (χ0v) is 13.6. The Morgan fingerprint density at radius 1 is 1.33 bits per heavy atom. The first-order valence-corrected chi connectivity index (χ1v) is 9.32. The summed E-state index contributed by atoms with van der Waals surface area (Å²) < 4.78 is 23.3. The van der Waals surface area contributed by atoms with Gasteiger partial charge in [0.25, 0.3) is 0 Å². The van der Waals surface area contributed by atoms with Crippen LogP contribution in [0.3, 0.4) is 0 Å². The van der Waals surface area contributed by atoms with Crippen molar-refractivity contribution in [3.8, 4) is 0 Å². The van der Waals surface area contributed by atoms with Gasteiger partial charge in [-0.1, -0.05) is 6.92 Å². The minimum absolute atomic E-state index is 0.190. The fraction of sp³-hybridized carbons (Fsp3) is 0.714. The number of nitrogens with zero attached hydrogens (tertiary/aromatic N) is 3. The number of anilines is 1. The number of sulfone groups is 1. The molecule has 0 unspecified atom stereocenters. The molecule has 0 aromatic carbocycles. The van der Waals surface area contributed by atoms with Gasteiger partial charge in [-0.15, -0.1) is 0 Å². The van der Waals surface area contributed by atoms with Gasteiger partial charge in [0.2, 0.25) is 5.95 Å². The van der Waals surface area contributed by atoms with Gasteiger partial charge in [0.15, 0.2) is 9.84 Å². The van der Waals surface area contributed by atoms with E-state index >= 15 is 0 Å². The van der Waals surface area contributed by atoms with Crippen molar-refractivity contribution >= 4 is 15.8 Å². The van der Waals surface area contributed by atoms with Gasteiger partial charge in [-0.3, -0.25) is 0 Å². The molecule has 0 amide bonds. The quantitative estimate of drug-likeness (QED) is 0.815. The van der Waals surface area contributed by atoms with Crippen molar-refractivity contribution in [2.75, 3.05) is 36.0 Å². The molecule has 7 heteroatoms. The molecule has 1 aromatic heterocycles. The highest BCUT2D eigenvalue weighted by molar-refractivity contribution is 7.91. The number of rotatable bonds is 5. The van der Waals surface area contributed by atoms with Gasteiger partial charge in [-0.05, 0) is 26.3 Å². The second-order valence-electron chi connectivity index (χ2n) is 5.45. The molecular weight excluding hydrogens is 288 g/mol. The van der Waals surface area contributed by atoms with Crippen LogP contribution in [0, 0.1) is 6.92 Å². The maximum Gasteiger partial charge on any atom is 0.225 e. The third-order valence-corrected chi connectivity index (χ3v) is 5.36. The highest BCUT2D eigenvalue weighted by Crippen LogP contribution is 2.14. The first kappa shape index (κ1) is 16.2. The van der Waals surface area contributed by atoms with Crippen molar-refractivity contribution in [2.45, 2.75) is 33.2 Å². The lowest BCUT2D eigenvalue weighted by molar-refractivity contribution is 0.597. The summed E-state index contributed by atoms with van der Waals surface area (Å²) >= 11 is 0. The van der Waals surface area contributed by atoms with Crippen LogP contribution in [0.4, 0.5) is 5.95 Å². The van der Waals surface area contributed by atoms with Crippen LogP contribution in [-0.2, 0) is 16.4 Å². The molecule has 21 heavy (non-hydrogen) atoms. The van der Waals surface area contributed by atoms with E-state index in [4.69, 9.17) is 0 Å². The van der Waals surface area contributed by atoms with Gasteiger partial charge in [0, 0.05) is 37.1 Å². The Balaban J connectivity index is 2.05. The summed E-state index contributed by atoms with van der Waals surface area (Å²) in [6, 6.07) is 0. The normalized spacial score (nSPS) is 18.5. The number of hydrogen-bond acceptors (Lipinski definition) is 6. The Morgan fingerprint density at radius 3 is 2.86 bits per heavy atom. The molecule has 0 atom stereocenters. The van der Waals surface area contributed by atoms with Crippen molar-refractivity contribution in [1.29, 1.82) is 0 Å². The Bertz CT molecular complexity index is 574. The maximum absolute atomic E-state index is 11.6. The van der Waals surface area contributed by atoms with Crippen LogP contribution in [-0.4, -0.2) is 49.5 Å². The number of aryl methyl sites for hydroxylation is 1. The lowest BCUT2D eigenvalue weighted by atomic mass is 10.2. The predicted molar refractivity (Wildman–Crippen MR) is 84.3 cm³/mol. The first-order chi connectivity index (χ1) is 10.0. The highest BCUT2D eigenvalue weighted by atomic mass is 32.2. The Kier molecular flexibility index (Phi) is 5.52. The molecule has 1 aliphatic heterocycles. The summed E-state index contributed by atoms with van der Waals surface area (Å²) in [6.07, 6.45) is 3.59. The van der Waals surface area contributed by atoms with Gasteiger partial charge >= 0.3 is 0 Å². The van der Waals surface area contributed by atoms with Gasteiger partial charge in [-0.2, -0.15) is 0 Å². The molecule has 1 N–H and O–H groups in total. The summed E-state index contributed by atoms with van der Waals surface area (Å²) in [5, 5.41) is 3.34. The second kappa shape index (κ2) is 7.17. The lowest BCUT2D eigenvalue weighted by Gasteiger charge is -2.20. The maximum atomic E-state index is 11.6. The minimum atomic E-state index is -2.90. The largest absolute Gasteiger partial charge is 0.340 e. The molecule has 6 nitrogen and oxygen atoms in total. The van der Waals surface area contributed by atoms with Crippen molar-refractivity contribution in [2.24, 2.45) is 0 Å². The highest BCUT2D eigenvalue weighted by Gasteiger charge is 2.21. The molecule has 1 aliphatic rings. The number of aromatic nitrogens is 2. The molecule has 2 rings (SSSR count). The van der Waals surface area contributed by atoms with Gasteiger partial charge in [-0.25, -0.2) is 18.4 Å². The summed E-state index contributed by atoms with van der Waals surface area (Å²) in [6.45, 7) is 7.04. The van der Waals surface area contributed by atoms with Crippen LogP contribution in [0.5, 0.6) is 0 Å². The zero-order valence-electron chi connectivity index (χ0n) is 12.8. The van der Waals surface area contributed by atoms with Crippen LogP contribution in [0.1, 0.15) is 31.0 Å². The van der Waals surface area contributed by atoms with E-state index in [9.17, 15) is 8.42 Å². The van der Waals surface area contributed by atoms with Crippen molar-refractivity contribution < 1.29 is 8.42 Å². The minimum Gasteiger partial charge on any atom is -0.340 e. The SMILES string of the molecule is CCCNCc1cnc(N2CCCS(=O)(=O)CC2)nc1C. The molecule has 0 spiro atoms. The first-order valence-electron chi connectivity index (χ1n) is 7.50. The standard InChI is InChI=1S/C14H24N4O2S/c1-3-5-15-10-13-11-16-14(17-12(13)2)18-6-4-8-21(19,20)9-7-18/h11,15H,3-10H2,1-2H3. The van der Waals surface area contributed by atoms with E-state index in [1.54, 1.807) is 0 Å². The molecule has 0 bridgehead atoms. The summed E-state index contributed by atoms with van der Waals surface area (Å²) in [5.74, 6) is 1.10. The van der Waals surface area contributed by atoms with Crippen molar-refractivity contribution in [1.82, 2.24) is 15.3 Å². The molecule has 2 heterocycles. The molecule has 0 saturated carbocycles. The number of hydrogen-bond donors (Lipinski definition) is 1. The second-order valence-corrected chi connectivity index (χ2v) is 7.75. The topological polar surface area (TPSA) is 75.2 Å². The Hall–Kier alpha value is -1.21. The van der Waals surface area contributed by atoms with Crippen LogP contribution in [0.2, 0.25) is 0 Å². The molecular formula is C14H24N4O2S. The average molecular weight is 312 g/mol. The van der Waals surface area contributed by atoms with Crippen molar-refractivity contribution in [3.05, 3.63) is 17.5 Å². The fourth-order valence-electron chi connectivity index (χ4n) is 2.34. The van der Waals surface area contributed by atoms with E-state index in [1.165, 1.54) is 0 Å². The zero-order chi connectivity index (χ0) is 15.3. The van der Waals surface area contributed by atoms with Gasteiger partial charge < -0.3 is 10.2 Å². The van der Waals surface area contributed by atoms with E-state index < -0.39 is 9.84 Å². The van der Waals surface area contributed by atoms with Crippen molar-refractivity contribution in [3.63, 3.8) is 0 Å².